The fraction of sp³-hybridized carbons (Fsp3) is 0.188. The van der Waals surface area contributed by atoms with Crippen molar-refractivity contribution in [2.75, 3.05) is 0 Å². The Kier molecular flexibility index (Phi) is 5.86. The normalized spacial score (nSPS) is 10.4. The Labute approximate surface area is 144 Å². The third-order valence-electron chi connectivity index (χ3n) is 2.94. The van der Waals surface area contributed by atoms with Gasteiger partial charge in [-0.2, -0.15) is 0 Å². The summed E-state index contributed by atoms with van der Waals surface area (Å²) >= 11 is 3.51. The Morgan fingerprint density at radius 3 is 2.50 bits per heavy atom. The van der Waals surface area contributed by atoms with Gasteiger partial charge in [-0.15, -0.1) is 35.3 Å². The monoisotopic (exact) mass is 413 g/mol. The lowest BCUT2D eigenvalue weighted by molar-refractivity contribution is 0.920. The maximum atomic E-state index is 4.65. The van der Waals surface area contributed by atoms with Gasteiger partial charge in [0.05, 0.1) is 10.2 Å². The average molecular weight is 413 g/mol. The van der Waals surface area contributed by atoms with Gasteiger partial charge in [-0.05, 0) is 36.2 Å². The highest BCUT2D eigenvalue weighted by Crippen LogP contribution is 2.34. The minimum atomic E-state index is 0. The zero-order valence-corrected chi connectivity index (χ0v) is 15.2. The molecule has 0 saturated carbocycles. The van der Waals surface area contributed by atoms with E-state index in [0.29, 0.717) is 0 Å². The van der Waals surface area contributed by atoms with E-state index in [0.717, 1.165) is 16.3 Å². The number of halogens is 1. The third-order valence-corrected chi connectivity index (χ3v) is 5.05. The first kappa shape index (κ1) is 15.8. The molecule has 1 nitrogen and oxygen atoms in total. The minimum Gasteiger partial charge on any atom is -0.229 e. The predicted molar refractivity (Wildman–Crippen MR) is 99.6 cm³/mol. The molecule has 2 aromatic carbocycles. The van der Waals surface area contributed by atoms with Crippen molar-refractivity contribution in [3.05, 3.63) is 54.1 Å². The van der Waals surface area contributed by atoms with Crippen molar-refractivity contribution in [2.24, 2.45) is 0 Å². The van der Waals surface area contributed by atoms with Gasteiger partial charge in [-0.25, -0.2) is 4.98 Å². The summed E-state index contributed by atoms with van der Waals surface area (Å²) in [4.78, 5) is 5.91. The van der Waals surface area contributed by atoms with Crippen molar-refractivity contribution in [3.63, 3.8) is 0 Å². The van der Waals surface area contributed by atoms with Crippen LogP contribution in [-0.2, 0) is 6.42 Å². The van der Waals surface area contributed by atoms with E-state index in [1.807, 2.05) is 6.07 Å². The summed E-state index contributed by atoms with van der Waals surface area (Å²) in [5.74, 6) is 0. The van der Waals surface area contributed by atoms with Crippen LogP contribution in [0.5, 0.6) is 0 Å². The second kappa shape index (κ2) is 7.43. The van der Waals surface area contributed by atoms with Crippen LogP contribution in [0.1, 0.15) is 18.9 Å². The van der Waals surface area contributed by atoms with Crippen LogP contribution in [0.15, 0.2) is 57.8 Å². The van der Waals surface area contributed by atoms with Gasteiger partial charge >= 0.3 is 0 Å². The van der Waals surface area contributed by atoms with Crippen molar-refractivity contribution in [3.8, 4) is 0 Å². The smallest absolute Gasteiger partial charge is 0.155 e. The van der Waals surface area contributed by atoms with E-state index in [2.05, 4.69) is 54.4 Å². The molecule has 1 heterocycles. The summed E-state index contributed by atoms with van der Waals surface area (Å²) in [5, 5.41) is 0. The molecule has 0 N–H and O–H groups in total. The number of nitrogens with zero attached hydrogens (tertiary/aromatic N) is 1. The molecule has 0 unspecified atom stereocenters. The van der Waals surface area contributed by atoms with Gasteiger partial charge in [-0.3, -0.25) is 0 Å². The van der Waals surface area contributed by atoms with Crippen molar-refractivity contribution in [2.45, 2.75) is 29.0 Å². The molecule has 3 aromatic rings. The molecule has 0 saturated heterocycles. The summed E-state index contributed by atoms with van der Waals surface area (Å²) in [6.45, 7) is 2.21. The Morgan fingerprint density at radius 2 is 1.80 bits per heavy atom. The fourth-order valence-electron chi connectivity index (χ4n) is 2.01. The number of fused-ring (bicyclic) bond motifs is 1. The summed E-state index contributed by atoms with van der Waals surface area (Å²) in [6.07, 6.45) is 2.36. The topological polar surface area (TPSA) is 12.9 Å². The maximum Gasteiger partial charge on any atom is 0.155 e. The molecule has 0 bridgehead atoms. The molecule has 0 amide bonds. The lowest BCUT2D eigenvalue weighted by Crippen LogP contribution is -1.81. The number of hydrogen-bond acceptors (Lipinski definition) is 3. The molecule has 0 spiro atoms. The highest BCUT2D eigenvalue weighted by molar-refractivity contribution is 14.0. The predicted octanol–water partition coefficient (Wildman–Crippen LogP) is 6.02. The van der Waals surface area contributed by atoms with Gasteiger partial charge in [-0.1, -0.05) is 49.4 Å². The van der Waals surface area contributed by atoms with Crippen molar-refractivity contribution in [1.82, 2.24) is 4.98 Å². The van der Waals surface area contributed by atoms with Gasteiger partial charge in [0.25, 0.3) is 0 Å². The molecule has 0 fully saturated rings. The second-order valence-electron chi connectivity index (χ2n) is 4.44. The molecule has 0 aliphatic rings. The van der Waals surface area contributed by atoms with Crippen molar-refractivity contribution >= 4 is 57.3 Å². The molecule has 0 atom stereocenters. The first-order valence-corrected chi connectivity index (χ1v) is 8.11. The largest absolute Gasteiger partial charge is 0.229 e. The SMILES string of the molecule is CCCc1ccc(Sc2nc3ccccc3s2)cc1.I. The van der Waals surface area contributed by atoms with E-state index in [1.165, 1.54) is 21.6 Å². The summed E-state index contributed by atoms with van der Waals surface area (Å²) in [7, 11) is 0. The van der Waals surface area contributed by atoms with E-state index >= 15 is 0 Å². The highest BCUT2D eigenvalue weighted by atomic mass is 127. The fourth-order valence-corrected chi connectivity index (χ4v) is 4.05. The van der Waals surface area contributed by atoms with Crippen LogP contribution >= 0.6 is 47.1 Å². The van der Waals surface area contributed by atoms with E-state index in [4.69, 9.17) is 0 Å². The first-order valence-electron chi connectivity index (χ1n) is 6.47. The number of para-hydroxylation sites is 1. The van der Waals surface area contributed by atoms with Gasteiger partial charge in [0.2, 0.25) is 0 Å². The molecule has 0 aliphatic carbocycles. The lowest BCUT2D eigenvalue weighted by Gasteiger charge is -2.00. The van der Waals surface area contributed by atoms with E-state index in [1.54, 1.807) is 23.1 Å². The Bertz CT molecular complexity index is 643. The average Bonchev–Trinajstić information content (AvgIpc) is 2.83. The molecule has 0 aliphatic heterocycles. The quantitative estimate of drug-likeness (QED) is 0.486. The number of aryl methyl sites for hydroxylation is 1. The molecule has 4 heteroatoms. The van der Waals surface area contributed by atoms with Gasteiger partial charge in [0, 0.05) is 4.90 Å². The Balaban J connectivity index is 0.00000147. The number of rotatable bonds is 4. The van der Waals surface area contributed by atoms with Gasteiger partial charge in [0.1, 0.15) is 0 Å². The van der Waals surface area contributed by atoms with Gasteiger partial charge in [0.15, 0.2) is 4.34 Å². The number of benzene rings is 2. The zero-order chi connectivity index (χ0) is 13.1. The molecule has 3 rings (SSSR count). The number of thiazole rings is 1. The zero-order valence-electron chi connectivity index (χ0n) is 11.2. The number of hydrogen-bond donors (Lipinski definition) is 0. The van der Waals surface area contributed by atoms with Crippen LogP contribution < -0.4 is 0 Å². The van der Waals surface area contributed by atoms with Crippen LogP contribution in [0.4, 0.5) is 0 Å². The van der Waals surface area contributed by atoms with Crippen molar-refractivity contribution < 1.29 is 0 Å². The van der Waals surface area contributed by atoms with E-state index < -0.39 is 0 Å². The highest BCUT2D eigenvalue weighted by Gasteiger charge is 2.05. The van der Waals surface area contributed by atoms with E-state index in [-0.39, 0.29) is 24.0 Å². The Morgan fingerprint density at radius 1 is 1.05 bits per heavy atom. The molecular weight excluding hydrogens is 397 g/mol. The summed E-state index contributed by atoms with van der Waals surface area (Å²) in [6, 6.07) is 17.1. The Hall–Kier alpha value is -0.590. The molecule has 104 valence electrons. The van der Waals surface area contributed by atoms with Crippen LogP contribution in [0.3, 0.4) is 0 Å². The lowest BCUT2D eigenvalue weighted by atomic mass is 10.1. The molecule has 1 aromatic heterocycles. The molecule has 0 radical (unpaired) electrons. The summed E-state index contributed by atoms with van der Waals surface area (Å²) < 4.78 is 2.37. The van der Waals surface area contributed by atoms with Crippen molar-refractivity contribution in [1.29, 1.82) is 0 Å². The van der Waals surface area contributed by atoms with Crippen LogP contribution in [0.25, 0.3) is 10.2 Å². The number of aromatic nitrogens is 1. The maximum absolute atomic E-state index is 4.65. The van der Waals surface area contributed by atoms with Crippen LogP contribution in [0.2, 0.25) is 0 Å². The third kappa shape index (κ3) is 3.74. The van der Waals surface area contributed by atoms with Crippen LogP contribution in [0, 0.1) is 0 Å². The summed E-state index contributed by atoms with van der Waals surface area (Å²) in [5.41, 5.74) is 2.51. The minimum absolute atomic E-state index is 0. The molecular formula is C16H16INS2. The van der Waals surface area contributed by atoms with Crippen LogP contribution in [-0.4, -0.2) is 4.98 Å². The van der Waals surface area contributed by atoms with Gasteiger partial charge < -0.3 is 0 Å². The second-order valence-corrected chi connectivity index (χ2v) is 6.79. The molecule has 20 heavy (non-hydrogen) atoms. The van der Waals surface area contributed by atoms with E-state index in [9.17, 15) is 0 Å². The first-order chi connectivity index (χ1) is 9.35. The standard InChI is InChI=1S/C16H15NS2.HI/c1-2-5-12-8-10-13(11-9-12)18-16-17-14-6-3-4-7-15(14)19-16;/h3-4,6-11H,2,5H2,1H3;1H.